The molecule has 0 N–H and O–H groups in total. The molecule has 0 bridgehead atoms. The zero-order valence-corrected chi connectivity index (χ0v) is 6.70. The molecule has 0 heterocycles. The van der Waals surface area contributed by atoms with Gasteiger partial charge in [-0.15, -0.1) is 0 Å². The van der Waals surface area contributed by atoms with Gasteiger partial charge in [0.1, 0.15) is 0 Å². The Labute approximate surface area is 68.8 Å². The van der Waals surface area contributed by atoms with Gasteiger partial charge in [-0.05, 0) is 12.5 Å². The molecule has 0 aliphatic heterocycles. The summed E-state index contributed by atoms with van der Waals surface area (Å²) in [6, 6.07) is 4.61. The van der Waals surface area contributed by atoms with Crippen LogP contribution in [0.15, 0.2) is 18.2 Å². The third-order valence-corrected chi connectivity index (χ3v) is 1.97. The van der Waals surface area contributed by atoms with E-state index in [-0.39, 0.29) is 10.6 Å². The second-order valence-electron chi connectivity index (χ2n) is 2.28. The van der Waals surface area contributed by atoms with Gasteiger partial charge in [-0.25, -0.2) is 8.78 Å². The molecule has 3 heteroatoms. The molecule has 0 radical (unpaired) electrons. The topological polar surface area (TPSA) is 0 Å². The van der Waals surface area contributed by atoms with Gasteiger partial charge in [-0.1, -0.05) is 29.8 Å². The Hall–Kier alpha value is -0.630. The fourth-order valence-electron chi connectivity index (χ4n) is 0.839. The largest absolute Gasteiger partial charge is 0.265 e. The summed E-state index contributed by atoms with van der Waals surface area (Å²) in [5.74, 6) is 0. The Morgan fingerprint density at radius 3 is 2.45 bits per heavy atom. The maximum Gasteiger partial charge on any atom is 0.265 e. The van der Waals surface area contributed by atoms with E-state index in [4.69, 9.17) is 11.6 Å². The van der Waals surface area contributed by atoms with Crippen LogP contribution in [0.3, 0.4) is 0 Å². The molecule has 0 aromatic heterocycles. The zero-order valence-electron chi connectivity index (χ0n) is 5.94. The molecule has 0 aliphatic rings. The van der Waals surface area contributed by atoms with E-state index in [1.807, 2.05) is 0 Å². The molecule has 0 saturated heterocycles. The average Bonchev–Trinajstić information content (AvgIpc) is 1.94. The number of aryl methyl sites for hydroxylation is 1. The Morgan fingerprint density at radius 2 is 2.00 bits per heavy atom. The maximum absolute atomic E-state index is 12.1. The minimum absolute atomic E-state index is 0.0910. The first-order chi connectivity index (χ1) is 5.13. The fraction of sp³-hybridized carbons (Fsp3) is 0.250. The normalized spacial score (nSPS) is 10.6. The van der Waals surface area contributed by atoms with Crippen molar-refractivity contribution in [3.05, 3.63) is 34.3 Å². The quantitative estimate of drug-likeness (QED) is 0.614. The van der Waals surface area contributed by atoms with Crippen LogP contribution < -0.4 is 0 Å². The third kappa shape index (κ3) is 1.69. The Morgan fingerprint density at radius 1 is 1.36 bits per heavy atom. The number of halogens is 3. The fourth-order valence-corrected chi connectivity index (χ4v) is 1.05. The molecule has 11 heavy (non-hydrogen) atoms. The standard InChI is InChI=1S/C8H7ClF2/c1-5-3-2-4-6(7(5)9)8(10)11/h2-4,8H,1H3. The second-order valence-corrected chi connectivity index (χ2v) is 2.66. The lowest BCUT2D eigenvalue weighted by atomic mass is 10.1. The Bertz CT molecular complexity index is 258. The van der Waals surface area contributed by atoms with Crippen molar-refractivity contribution in [1.82, 2.24) is 0 Å². The van der Waals surface area contributed by atoms with E-state index in [1.165, 1.54) is 6.07 Å². The summed E-state index contributed by atoms with van der Waals surface area (Å²) < 4.78 is 24.2. The summed E-state index contributed by atoms with van der Waals surface area (Å²) in [6.07, 6.45) is -2.48. The van der Waals surface area contributed by atoms with Gasteiger partial charge in [-0.2, -0.15) is 0 Å². The number of rotatable bonds is 1. The van der Waals surface area contributed by atoms with Gasteiger partial charge in [0, 0.05) is 5.56 Å². The van der Waals surface area contributed by atoms with Crippen molar-refractivity contribution in [1.29, 1.82) is 0 Å². The van der Waals surface area contributed by atoms with E-state index in [0.29, 0.717) is 5.56 Å². The van der Waals surface area contributed by atoms with Crippen LogP contribution in [0.4, 0.5) is 8.78 Å². The van der Waals surface area contributed by atoms with Crippen molar-refractivity contribution in [3.8, 4) is 0 Å². The summed E-state index contributed by atoms with van der Waals surface area (Å²) in [5.41, 5.74) is 0.594. The summed E-state index contributed by atoms with van der Waals surface area (Å²) in [7, 11) is 0. The average molecular weight is 177 g/mol. The molecule has 1 aromatic rings. The van der Waals surface area contributed by atoms with Crippen LogP contribution >= 0.6 is 11.6 Å². The third-order valence-electron chi connectivity index (χ3n) is 1.46. The number of benzene rings is 1. The van der Waals surface area contributed by atoms with Gasteiger partial charge in [0.25, 0.3) is 6.43 Å². The highest BCUT2D eigenvalue weighted by atomic mass is 35.5. The summed E-state index contributed by atoms with van der Waals surface area (Å²) >= 11 is 5.61. The van der Waals surface area contributed by atoms with Crippen LogP contribution in [-0.4, -0.2) is 0 Å². The highest BCUT2D eigenvalue weighted by Gasteiger charge is 2.11. The zero-order chi connectivity index (χ0) is 8.43. The van der Waals surface area contributed by atoms with E-state index in [0.717, 1.165) is 0 Å². The molecule has 0 amide bonds. The molecule has 0 unspecified atom stereocenters. The number of hydrogen-bond donors (Lipinski definition) is 0. The first kappa shape index (κ1) is 8.47. The molecule has 1 aromatic carbocycles. The van der Waals surface area contributed by atoms with Crippen molar-refractivity contribution in [2.45, 2.75) is 13.3 Å². The molecule has 0 spiro atoms. The molecule has 0 aliphatic carbocycles. The molecule has 60 valence electrons. The number of alkyl halides is 2. The maximum atomic E-state index is 12.1. The van der Waals surface area contributed by atoms with Gasteiger partial charge in [0.2, 0.25) is 0 Å². The predicted octanol–water partition coefficient (Wildman–Crippen LogP) is 3.59. The minimum Gasteiger partial charge on any atom is -0.205 e. The molecule has 1 rings (SSSR count). The van der Waals surface area contributed by atoms with E-state index < -0.39 is 6.43 Å². The van der Waals surface area contributed by atoms with Crippen LogP contribution in [0.25, 0.3) is 0 Å². The second kappa shape index (κ2) is 3.18. The van der Waals surface area contributed by atoms with Gasteiger partial charge in [0.15, 0.2) is 0 Å². The van der Waals surface area contributed by atoms with Crippen LogP contribution in [-0.2, 0) is 0 Å². The predicted molar refractivity (Wildman–Crippen MR) is 41.1 cm³/mol. The van der Waals surface area contributed by atoms with Crippen LogP contribution in [0, 0.1) is 6.92 Å². The lowest BCUT2D eigenvalue weighted by Gasteiger charge is -2.03. The van der Waals surface area contributed by atoms with Gasteiger partial charge >= 0.3 is 0 Å². The van der Waals surface area contributed by atoms with Gasteiger partial charge < -0.3 is 0 Å². The summed E-state index contributed by atoms with van der Waals surface area (Å²) in [5, 5.41) is 0.169. The van der Waals surface area contributed by atoms with E-state index >= 15 is 0 Å². The first-order valence-electron chi connectivity index (χ1n) is 3.16. The van der Waals surface area contributed by atoms with Crippen molar-refractivity contribution in [2.24, 2.45) is 0 Å². The smallest absolute Gasteiger partial charge is 0.205 e. The molecular formula is C8H7ClF2. The van der Waals surface area contributed by atoms with E-state index in [9.17, 15) is 8.78 Å². The lowest BCUT2D eigenvalue weighted by molar-refractivity contribution is 0.151. The molecule has 0 fully saturated rings. The first-order valence-corrected chi connectivity index (χ1v) is 3.54. The highest BCUT2D eigenvalue weighted by molar-refractivity contribution is 6.32. The van der Waals surface area contributed by atoms with Crippen molar-refractivity contribution in [2.75, 3.05) is 0 Å². The number of hydrogen-bond acceptors (Lipinski definition) is 0. The minimum atomic E-state index is -2.48. The van der Waals surface area contributed by atoms with Crippen molar-refractivity contribution in [3.63, 3.8) is 0 Å². The SMILES string of the molecule is Cc1cccc(C(F)F)c1Cl. The molecule has 0 nitrogen and oxygen atoms in total. The molecule has 0 atom stereocenters. The molecular weight excluding hydrogens is 170 g/mol. The van der Waals surface area contributed by atoms with E-state index in [1.54, 1.807) is 19.1 Å². The van der Waals surface area contributed by atoms with Crippen molar-refractivity contribution >= 4 is 11.6 Å². The summed E-state index contributed by atoms with van der Waals surface area (Å²) in [4.78, 5) is 0. The van der Waals surface area contributed by atoms with Crippen LogP contribution in [0.2, 0.25) is 5.02 Å². The highest BCUT2D eigenvalue weighted by Crippen LogP contribution is 2.28. The van der Waals surface area contributed by atoms with Gasteiger partial charge in [-0.3, -0.25) is 0 Å². The Balaban J connectivity index is 3.17. The molecule has 0 saturated carbocycles. The monoisotopic (exact) mass is 176 g/mol. The summed E-state index contributed by atoms with van der Waals surface area (Å²) in [6.45, 7) is 1.70. The van der Waals surface area contributed by atoms with E-state index in [2.05, 4.69) is 0 Å². The van der Waals surface area contributed by atoms with Gasteiger partial charge in [0.05, 0.1) is 5.02 Å². The lowest BCUT2D eigenvalue weighted by Crippen LogP contribution is -1.87. The van der Waals surface area contributed by atoms with Crippen LogP contribution in [0.5, 0.6) is 0 Å². The Kier molecular flexibility index (Phi) is 2.45. The van der Waals surface area contributed by atoms with Crippen LogP contribution in [0.1, 0.15) is 17.6 Å². The van der Waals surface area contributed by atoms with Crippen molar-refractivity contribution < 1.29 is 8.78 Å².